The minimum atomic E-state index is -0.118. The number of carbonyl (C=O) groups is 1. The lowest BCUT2D eigenvalue weighted by Gasteiger charge is -2.10. The zero-order chi connectivity index (χ0) is 16.2. The molecule has 1 aromatic heterocycles. The molecule has 0 radical (unpaired) electrons. The van der Waals surface area contributed by atoms with Gasteiger partial charge in [0.2, 0.25) is 0 Å². The molecule has 0 bridgehead atoms. The number of benzene rings is 2. The fraction of sp³-hybridized carbons (Fsp3) is 0.235. The first-order valence-corrected chi connectivity index (χ1v) is 7.43. The summed E-state index contributed by atoms with van der Waals surface area (Å²) >= 11 is 0. The number of H-pyrrole nitrogens is 1. The summed E-state index contributed by atoms with van der Waals surface area (Å²) in [5.74, 6) is -0.118. The molecule has 2 N–H and O–H groups in total. The number of nitrogens with one attached hydrogen (secondary N) is 2. The van der Waals surface area contributed by atoms with Crippen molar-refractivity contribution in [2.75, 3.05) is 14.1 Å². The van der Waals surface area contributed by atoms with E-state index in [1.807, 2.05) is 26.2 Å². The average molecular weight is 309 g/mol. The Morgan fingerprint density at radius 2 is 1.74 bits per heavy atom. The highest BCUT2D eigenvalue weighted by molar-refractivity contribution is 5.97. The molecule has 0 spiro atoms. The van der Waals surface area contributed by atoms with Gasteiger partial charge in [-0.05, 0) is 43.4 Å². The Labute approximate surface area is 134 Å². The minimum absolute atomic E-state index is 0.118. The van der Waals surface area contributed by atoms with Gasteiger partial charge in [0, 0.05) is 18.7 Å². The van der Waals surface area contributed by atoms with Crippen molar-refractivity contribution in [3.05, 3.63) is 59.2 Å². The van der Waals surface area contributed by atoms with E-state index in [1.54, 1.807) is 18.2 Å². The first-order chi connectivity index (χ1) is 11.1. The smallest absolute Gasteiger partial charge is 0.251 e. The Kier molecular flexibility index (Phi) is 4.34. The fourth-order valence-electron chi connectivity index (χ4n) is 2.39. The third-order valence-corrected chi connectivity index (χ3v) is 3.55. The van der Waals surface area contributed by atoms with E-state index in [2.05, 4.69) is 37.8 Å². The molecule has 3 rings (SSSR count). The van der Waals surface area contributed by atoms with Gasteiger partial charge in [-0.2, -0.15) is 15.4 Å². The van der Waals surface area contributed by atoms with Crippen LogP contribution in [0.3, 0.4) is 0 Å². The topological polar surface area (TPSA) is 73.9 Å². The first-order valence-electron chi connectivity index (χ1n) is 7.43. The van der Waals surface area contributed by atoms with Gasteiger partial charge in [0.15, 0.2) is 0 Å². The van der Waals surface area contributed by atoms with Crippen molar-refractivity contribution in [3.63, 3.8) is 0 Å². The van der Waals surface area contributed by atoms with Crippen molar-refractivity contribution in [1.29, 1.82) is 0 Å². The van der Waals surface area contributed by atoms with Crippen LogP contribution in [-0.4, -0.2) is 40.3 Å². The number of fused-ring (bicyclic) bond motifs is 1. The summed E-state index contributed by atoms with van der Waals surface area (Å²) < 4.78 is 0. The van der Waals surface area contributed by atoms with E-state index >= 15 is 0 Å². The number of carbonyl (C=O) groups excluding carboxylic acids is 1. The minimum Gasteiger partial charge on any atom is -0.348 e. The molecule has 118 valence electrons. The molecule has 0 saturated heterocycles. The van der Waals surface area contributed by atoms with E-state index in [9.17, 15) is 4.79 Å². The Morgan fingerprint density at radius 1 is 1.04 bits per heavy atom. The maximum absolute atomic E-state index is 12.2. The van der Waals surface area contributed by atoms with Crippen LogP contribution in [0.5, 0.6) is 0 Å². The third-order valence-electron chi connectivity index (χ3n) is 3.55. The van der Waals surface area contributed by atoms with Gasteiger partial charge in [-0.1, -0.05) is 24.3 Å². The zero-order valence-electron chi connectivity index (χ0n) is 13.2. The van der Waals surface area contributed by atoms with Crippen LogP contribution in [0.1, 0.15) is 21.5 Å². The lowest BCUT2D eigenvalue weighted by Crippen LogP contribution is -2.22. The molecule has 6 nitrogen and oxygen atoms in total. The van der Waals surface area contributed by atoms with E-state index < -0.39 is 0 Å². The Bertz CT molecular complexity index is 807. The van der Waals surface area contributed by atoms with Gasteiger partial charge in [0.05, 0.1) is 0 Å². The van der Waals surface area contributed by atoms with Crippen molar-refractivity contribution < 1.29 is 4.79 Å². The highest BCUT2D eigenvalue weighted by Gasteiger charge is 2.08. The molecule has 0 atom stereocenters. The molecule has 2 aromatic carbocycles. The summed E-state index contributed by atoms with van der Waals surface area (Å²) in [5.41, 5.74) is 4.34. The highest BCUT2D eigenvalue weighted by Crippen LogP contribution is 2.11. The molecular formula is C17H19N5O. The monoisotopic (exact) mass is 309 g/mol. The number of aromatic nitrogens is 3. The lowest BCUT2D eigenvalue weighted by atomic mass is 10.1. The lowest BCUT2D eigenvalue weighted by molar-refractivity contribution is 0.0951. The number of hydrogen-bond acceptors (Lipinski definition) is 4. The van der Waals surface area contributed by atoms with E-state index in [1.165, 1.54) is 5.56 Å². The van der Waals surface area contributed by atoms with Gasteiger partial charge < -0.3 is 10.2 Å². The second-order valence-electron chi connectivity index (χ2n) is 5.76. The van der Waals surface area contributed by atoms with Crippen LogP contribution in [-0.2, 0) is 13.1 Å². The highest BCUT2D eigenvalue weighted by atomic mass is 16.1. The summed E-state index contributed by atoms with van der Waals surface area (Å²) in [6.45, 7) is 1.41. The summed E-state index contributed by atoms with van der Waals surface area (Å²) in [5, 5.41) is 13.4. The maximum Gasteiger partial charge on any atom is 0.251 e. The van der Waals surface area contributed by atoms with Crippen molar-refractivity contribution in [3.8, 4) is 0 Å². The normalized spacial score (nSPS) is 11.1. The summed E-state index contributed by atoms with van der Waals surface area (Å²) in [7, 11) is 4.08. The maximum atomic E-state index is 12.2. The van der Waals surface area contributed by atoms with Gasteiger partial charge in [0.25, 0.3) is 5.91 Å². The number of aromatic amines is 1. The molecule has 1 heterocycles. The van der Waals surface area contributed by atoms with E-state index in [0.717, 1.165) is 17.6 Å². The van der Waals surface area contributed by atoms with Gasteiger partial charge in [-0.3, -0.25) is 4.79 Å². The second kappa shape index (κ2) is 6.58. The predicted octanol–water partition coefficient (Wildman–Crippen LogP) is 1.95. The molecule has 23 heavy (non-hydrogen) atoms. The van der Waals surface area contributed by atoms with E-state index in [-0.39, 0.29) is 5.91 Å². The quantitative estimate of drug-likeness (QED) is 0.755. The molecule has 6 heteroatoms. The summed E-state index contributed by atoms with van der Waals surface area (Å²) in [6.07, 6.45) is 0. The van der Waals surface area contributed by atoms with Crippen LogP contribution in [0.15, 0.2) is 42.5 Å². The Balaban J connectivity index is 1.61. The van der Waals surface area contributed by atoms with Gasteiger partial charge in [-0.15, -0.1) is 0 Å². The van der Waals surface area contributed by atoms with Gasteiger partial charge in [0.1, 0.15) is 11.0 Å². The molecule has 0 aliphatic rings. The number of nitrogens with zero attached hydrogens (tertiary/aromatic N) is 3. The molecule has 0 saturated carbocycles. The molecule has 0 aliphatic heterocycles. The molecule has 0 fully saturated rings. The number of hydrogen-bond donors (Lipinski definition) is 2. The zero-order valence-corrected chi connectivity index (χ0v) is 13.2. The predicted molar refractivity (Wildman–Crippen MR) is 88.9 cm³/mol. The van der Waals surface area contributed by atoms with Crippen LogP contribution in [0.2, 0.25) is 0 Å². The molecule has 0 aliphatic carbocycles. The first kappa shape index (κ1) is 15.2. The Hall–Kier alpha value is -2.73. The summed E-state index contributed by atoms with van der Waals surface area (Å²) in [6, 6.07) is 13.5. The third kappa shape index (κ3) is 3.73. The van der Waals surface area contributed by atoms with Crippen molar-refractivity contribution >= 4 is 16.9 Å². The fourth-order valence-corrected chi connectivity index (χ4v) is 2.39. The molecule has 1 amide bonds. The molecule has 3 aromatic rings. The SMILES string of the molecule is CN(C)Cc1ccc(CNC(=O)c2ccc3n[nH]nc3c2)cc1. The summed E-state index contributed by atoms with van der Waals surface area (Å²) in [4.78, 5) is 14.3. The standard InChI is InChI=1S/C17H19N5O/c1-22(2)11-13-5-3-12(4-6-13)10-18-17(23)14-7-8-15-16(9-14)20-21-19-15/h3-9H,10-11H2,1-2H3,(H,18,23)(H,19,20,21). The van der Waals surface area contributed by atoms with Crippen LogP contribution in [0.4, 0.5) is 0 Å². The number of rotatable bonds is 5. The second-order valence-corrected chi connectivity index (χ2v) is 5.76. The van der Waals surface area contributed by atoms with E-state index in [0.29, 0.717) is 17.6 Å². The average Bonchev–Trinajstić information content (AvgIpc) is 3.01. The van der Waals surface area contributed by atoms with Crippen LogP contribution < -0.4 is 5.32 Å². The van der Waals surface area contributed by atoms with Gasteiger partial charge in [-0.25, -0.2) is 0 Å². The van der Waals surface area contributed by atoms with Crippen LogP contribution >= 0.6 is 0 Å². The molecule has 0 unspecified atom stereocenters. The van der Waals surface area contributed by atoms with E-state index in [4.69, 9.17) is 0 Å². The van der Waals surface area contributed by atoms with Crippen LogP contribution in [0, 0.1) is 0 Å². The van der Waals surface area contributed by atoms with Crippen molar-refractivity contribution in [2.24, 2.45) is 0 Å². The van der Waals surface area contributed by atoms with Gasteiger partial charge >= 0.3 is 0 Å². The largest absolute Gasteiger partial charge is 0.348 e. The van der Waals surface area contributed by atoms with Crippen molar-refractivity contribution in [2.45, 2.75) is 13.1 Å². The Morgan fingerprint density at radius 3 is 2.48 bits per heavy atom. The number of amides is 1. The van der Waals surface area contributed by atoms with Crippen LogP contribution in [0.25, 0.3) is 11.0 Å². The molecular weight excluding hydrogens is 290 g/mol. The van der Waals surface area contributed by atoms with Crippen molar-refractivity contribution in [1.82, 2.24) is 25.6 Å².